The minimum Gasteiger partial charge on any atom is -0.339 e. The van der Waals surface area contributed by atoms with E-state index in [2.05, 4.69) is 16.0 Å². The molecule has 0 bridgehead atoms. The number of piperazine rings is 1. The molecule has 0 atom stereocenters. The van der Waals surface area contributed by atoms with Crippen molar-refractivity contribution >= 4 is 40.9 Å². The number of carbonyl (C=O) groups is 3. The van der Waals surface area contributed by atoms with Crippen molar-refractivity contribution in [2.75, 3.05) is 43.4 Å². The number of carbonyl (C=O) groups excluding carboxylic acids is 3. The molecule has 1 aliphatic heterocycles. The number of amides is 5. The molecular weight excluding hydrogens is 418 g/mol. The average Bonchev–Trinajstić information content (AvgIpc) is 2.77. The Morgan fingerprint density at radius 3 is 2.26 bits per heavy atom. The van der Waals surface area contributed by atoms with Crippen LogP contribution in [0.5, 0.6) is 0 Å². The first-order valence-electron chi connectivity index (χ1n) is 10.1. The molecule has 0 aliphatic carbocycles. The molecule has 0 saturated carbocycles. The first kappa shape index (κ1) is 22.4. The predicted molar refractivity (Wildman–Crippen MR) is 121 cm³/mol. The molecule has 1 aliphatic rings. The highest BCUT2D eigenvalue weighted by molar-refractivity contribution is 6.31. The predicted octanol–water partition coefficient (Wildman–Crippen LogP) is 3.54. The summed E-state index contributed by atoms with van der Waals surface area (Å²) in [5.41, 5.74) is 2.27. The molecule has 164 valence electrons. The molecule has 3 N–H and O–H groups in total. The number of nitrogens with zero attached hydrogens (tertiary/aromatic N) is 2. The summed E-state index contributed by atoms with van der Waals surface area (Å²) in [5.74, 6) is -0.0506. The number of benzene rings is 2. The van der Waals surface area contributed by atoms with Crippen LogP contribution in [0.2, 0.25) is 5.02 Å². The third kappa shape index (κ3) is 6.62. The van der Waals surface area contributed by atoms with Crippen LogP contribution in [0, 0.1) is 6.92 Å². The number of halogens is 1. The number of rotatable bonds is 5. The number of aryl methyl sites for hydroxylation is 1. The van der Waals surface area contributed by atoms with Crippen LogP contribution in [0.25, 0.3) is 0 Å². The lowest BCUT2D eigenvalue weighted by Crippen LogP contribution is -2.52. The molecule has 0 unspecified atom stereocenters. The van der Waals surface area contributed by atoms with Gasteiger partial charge >= 0.3 is 12.1 Å². The van der Waals surface area contributed by atoms with Gasteiger partial charge in [-0.05, 0) is 36.8 Å². The van der Waals surface area contributed by atoms with Gasteiger partial charge in [-0.15, -0.1) is 0 Å². The second kappa shape index (κ2) is 10.7. The maximum atomic E-state index is 12.5. The van der Waals surface area contributed by atoms with Crippen molar-refractivity contribution in [1.29, 1.82) is 0 Å². The van der Waals surface area contributed by atoms with E-state index in [1.54, 1.807) is 34.1 Å². The third-order valence-electron chi connectivity index (χ3n) is 5.00. The molecule has 2 aromatic carbocycles. The third-order valence-corrected chi connectivity index (χ3v) is 5.41. The lowest BCUT2D eigenvalue weighted by atomic mass is 10.2. The first-order chi connectivity index (χ1) is 14.9. The van der Waals surface area contributed by atoms with Gasteiger partial charge in [-0.2, -0.15) is 0 Å². The van der Waals surface area contributed by atoms with Crippen molar-refractivity contribution in [3.63, 3.8) is 0 Å². The van der Waals surface area contributed by atoms with E-state index in [0.29, 0.717) is 42.6 Å². The summed E-state index contributed by atoms with van der Waals surface area (Å²) in [6.07, 6.45) is 0.205. The number of hydrogen-bond donors (Lipinski definition) is 3. The van der Waals surface area contributed by atoms with E-state index in [-0.39, 0.29) is 30.9 Å². The molecule has 0 radical (unpaired) electrons. The zero-order chi connectivity index (χ0) is 22.2. The molecule has 0 spiro atoms. The fraction of sp³-hybridized carbons (Fsp3) is 0.318. The molecule has 1 heterocycles. The first-order valence-corrected chi connectivity index (χ1v) is 10.5. The quantitative estimate of drug-likeness (QED) is 0.659. The Balaban J connectivity index is 1.36. The second-order valence-electron chi connectivity index (χ2n) is 7.26. The summed E-state index contributed by atoms with van der Waals surface area (Å²) in [7, 11) is 0. The lowest BCUT2D eigenvalue weighted by Gasteiger charge is -2.34. The molecule has 0 aromatic heterocycles. The number of anilines is 2. The van der Waals surface area contributed by atoms with Gasteiger partial charge in [0.05, 0.1) is 0 Å². The maximum Gasteiger partial charge on any atom is 0.321 e. The van der Waals surface area contributed by atoms with E-state index in [1.807, 2.05) is 31.2 Å². The molecule has 3 rings (SSSR count). The summed E-state index contributed by atoms with van der Waals surface area (Å²) in [6, 6.07) is 13.9. The van der Waals surface area contributed by atoms with Gasteiger partial charge in [-0.1, -0.05) is 35.9 Å². The largest absolute Gasteiger partial charge is 0.339 e. The van der Waals surface area contributed by atoms with Crippen molar-refractivity contribution in [3.8, 4) is 0 Å². The normalized spacial score (nSPS) is 13.5. The van der Waals surface area contributed by atoms with Crippen LogP contribution in [0.4, 0.5) is 21.0 Å². The second-order valence-corrected chi connectivity index (χ2v) is 7.67. The van der Waals surface area contributed by atoms with Crippen LogP contribution in [0.15, 0.2) is 48.5 Å². The topological polar surface area (TPSA) is 93.8 Å². The zero-order valence-electron chi connectivity index (χ0n) is 17.4. The van der Waals surface area contributed by atoms with Crippen molar-refractivity contribution in [3.05, 3.63) is 59.1 Å². The van der Waals surface area contributed by atoms with E-state index >= 15 is 0 Å². The van der Waals surface area contributed by atoms with Crippen LogP contribution >= 0.6 is 11.6 Å². The summed E-state index contributed by atoms with van der Waals surface area (Å²) < 4.78 is 0. The molecule has 5 amide bonds. The van der Waals surface area contributed by atoms with Crippen molar-refractivity contribution in [2.45, 2.75) is 13.3 Å². The molecule has 31 heavy (non-hydrogen) atoms. The van der Waals surface area contributed by atoms with Gasteiger partial charge in [0.2, 0.25) is 5.91 Å². The number of urea groups is 2. The van der Waals surface area contributed by atoms with Crippen LogP contribution in [-0.4, -0.2) is 60.5 Å². The minimum absolute atomic E-state index is 0.0506. The van der Waals surface area contributed by atoms with E-state index in [1.165, 1.54) is 0 Å². The summed E-state index contributed by atoms with van der Waals surface area (Å²) >= 11 is 6.10. The molecule has 1 saturated heterocycles. The minimum atomic E-state index is -0.350. The molecule has 9 heteroatoms. The highest BCUT2D eigenvalue weighted by Gasteiger charge is 2.24. The Labute approximate surface area is 186 Å². The van der Waals surface area contributed by atoms with Gasteiger partial charge < -0.3 is 25.8 Å². The van der Waals surface area contributed by atoms with Gasteiger partial charge in [0.1, 0.15) is 0 Å². The standard InChI is InChI=1S/C22H26ClN5O3/c1-16-7-8-18(15-19(16)23)26-22(31)28-13-11-27(12-14-28)20(29)9-10-24-21(30)25-17-5-3-2-4-6-17/h2-8,15H,9-14H2,1H3,(H,26,31)(H2,24,25,30). The van der Waals surface area contributed by atoms with Crippen molar-refractivity contribution in [1.82, 2.24) is 15.1 Å². The smallest absolute Gasteiger partial charge is 0.321 e. The monoisotopic (exact) mass is 443 g/mol. The maximum absolute atomic E-state index is 12.5. The van der Waals surface area contributed by atoms with Crippen LogP contribution in [0.3, 0.4) is 0 Å². The number of para-hydroxylation sites is 1. The van der Waals surface area contributed by atoms with E-state index < -0.39 is 0 Å². The van der Waals surface area contributed by atoms with Crippen LogP contribution < -0.4 is 16.0 Å². The van der Waals surface area contributed by atoms with E-state index in [0.717, 1.165) is 5.56 Å². The van der Waals surface area contributed by atoms with Gasteiger partial charge in [-0.3, -0.25) is 4.79 Å². The highest BCUT2D eigenvalue weighted by atomic mass is 35.5. The number of hydrogen-bond acceptors (Lipinski definition) is 3. The van der Waals surface area contributed by atoms with Crippen LogP contribution in [0.1, 0.15) is 12.0 Å². The van der Waals surface area contributed by atoms with Crippen molar-refractivity contribution in [2.24, 2.45) is 0 Å². The summed E-state index contributed by atoms with van der Waals surface area (Å²) in [4.78, 5) is 40.1. The van der Waals surface area contributed by atoms with Gasteiger partial charge in [0.15, 0.2) is 0 Å². The summed E-state index contributed by atoms with van der Waals surface area (Å²) in [6.45, 7) is 3.94. The SMILES string of the molecule is Cc1ccc(NC(=O)N2CCN(C(=O)CCNC(=O)Nc3ccccc3)CC2)cc1Cl. The fourth-order valence-corrected chi connectivity index (χ4v) is 3.35. The van der Waals surface area contributed by atoms with Crippen molar-refractivity contribution < 1.29 is 14.4 Å². The lowest BCUT2D eigenvalue weighted by molar-refractivity contribution is -0.132. The van der Waals surface area contributed by atoms with Crippen LogP contribution in [-0.2, 0) is 4.79 Å². The molecule has 1 fully saturated rings. The molecule has 2 aromatic rings. The average molecular weight is 444 g/mol. The Morgan fingerprint density at radius 2 is 1.58 bits per heavy atom. The Hall–Kier alpha value is -3.26. The Kier molecular flexibility index (Phi) is 7.72. The molecular formula is C22H26ClN5O3. The van der Waals surface area contributed by atoms with E-state index in [9.17, 15) is 14.4 Å². The summed E-state index contributed by atoms with van der Waals surface area (Å²) in [5, 5.41) is 8.82. The Morgan fingerprint density at radius 1 is 0.903 bits per heavy atom. The number of nitrogens with one attached hydrogen (secondary N) is 3. The molecule has 8 nitrogen and oxygen atoms in total. The Bertz CT molecular complexity index is 930. The zero-order valence-corrected chi connectivity index (χ0v) is 18.1. The highest BCUT2D eigenvalue weighted by Crippen LogP contribution is 2.20. The fourth-order valence-electron chi connectivity index (χ4n) is 3.17. The van der Waals surface area contributed by atoms with Gasteiger partial charge in [0, 0.05) is 55.5 Å². The van der Waals surface area contributed by atoms with Gasteiger partial charge in [0.25, 0.3) is 0 Å². The van der Waals surface area contributed by atoms with Gasteiger partial charge in [-0.25, -0.2) is 9.59 Å². The van der Waals surface area contributed by atoms with E-state index in [4.69, 9.17) is 11.6 Å².